The second kappa shape index (κ2) is 9.05. The van der Waals surface area contributed by atoms with E-state index in [-0.39, 0.29) is 10.0 Å². The average Bonchev–Trinajstić information content (AvgIpc) is 3.40. The van der Waals surface area contributed by atoms with Crippen molar-refractivity contribution >= 4 is 46.3 Å². The van der Waals surface area contributed by atoms with Crippen molar-refractivity contribution in [1.29, 1.82) is 0 Å². The van der Waals surface area contributed by atoms with Crippen LogP contribution in [0.1, 0.15) is 6.04 Å². The molecule has 5 unspecified atom stereocenters. The van der Waals surface area contributed by atoms with Crippen LogP contribution in [-0.4, -0.2) is 65.7 Å². The molecule has 0 amide bonds. The van der Waals surface area contributed by atoms with Crippen LogP contribution in [0.15, 0.2) is 34.8 Å². The fraction of sp³-hybridized carbons (Fsp3) is 0.353. The summed E-state index contributed by atoms with van der Waals surface area (Å²) in [6.07, 6.45) is -0.308. The first-order valence-electron chi connectivity index (χ1n) is 8.64. The van der Waals surface area contributed by atoms with Crippen LogP contribution in [0.2, 0.25) is 10.0 Å². The standard InChI is InChI=1S/C17H15Cl2FN4O4S2/c18-8-3-7(4-9(19)12(8)20)30-17-15(27)13(14(26)11(6-25)28-17)24-5-10(22-23-24)16-21-1-2-29-16/h1-5,11,13-15,17,25-27H,6H2. The molecule has 0 spiro atoms. The highest BCUT2D eigenvalue weighted by atomic mass is 35.5. The highest BCUT2D eigenvalue weighted by molar-refractivity contribution is 7.99. The molecule has 0 aliphatic carbocycles. The van der Waals surface area contributed by atoms with E-state index in [9.17, 15) is 19.7 Å². The van der Waals surface area contributed by atoms with Crippen molar-refractivity contribution in [3.8, 4) is 10.7 Å². The number of hydrogen-bond donors (Lipinski definition) is 3. The number of benzene rings is 1. The lowest BCUT2D eigenvalue weighted by atomic mass is 9.97. The van der Waals surface area contributed by atoms with Gasteiger partial charge in [-0.3, -0.25) is 0 Å². The maximum absolute atomic E-state index is 13.7. The molecule has 5 atom stereocenters. The summed E-state index contributed by atoms with van der Waals surface area (Å²) in [6, 6.07) is 1.75. The van der Waals surface area contributed by atoms with Crippen LogP contribution in [0, 0.1) is 5.82 Å². The number of nitrogens with zero attached hydrogens (tertiary/aromatic N) is 4. The van der Waals surface area contributed by atoms with Gasteiger partial charge in [0.25, 0.3) is 0 Å². The maximum atomic E-state index is 13.7. The van der Waals surface area contributed by atoms with E-state index in [1.807, 2.05) is 0 Å². The van der Waals surface area contributed by atoms with Crippen molar-refractivity contribution in [3.63, 3.8) is 0 Å². The second-order valence-electron chi connectivity index (χ2n) is 6.44. The van der Waals surface area contributed by atoms with E-state index in [4.69, 9.17) is 27.9 Å². The molecule has 1 aromatic carbocycles. The third kappa shape index (κ3) is 4.21. The van der Waals surface area contributed by atoms with E-state index in [1.54, 1.807) is 17.8 Å². The number of aliphatic hydroxyl groups excluding tert-OH is 3. The Bertz CT molecular complexity index is 1000. The van der Waals surface area contributed by atoms with Crippen LogP contribution in [0.4, 0.5) is 4.39 Å². The Morgan fingerprint density at radius 2 is 1.97 bits per heavy atom. The zero-order chi connectivity index (χ0) is 21.4. The van der Waals surface area contributed by atoms with Gasteiger partial charge in [0.15, 0.2) is 5.82 Å². The minimum Gasteiger partial charge on any atom is -0.394 e. The van der Waals surface area contributed by atoms with Gasteiger partial charge >= 0.3 is 0 Å². The number of halogens is 3. The normalized spacial score (nSPS) is 26.8. The molecule has 13 heteroatoms. The summed E-state index contributed by atoms with van der Waals surface area (Å²) in [4.78, 5) is 4.61. The molecule has 3 N–H and O–H groups in total. The molecule has 0 bridgehead atoms. The van der Waals surface area contributed by atoms with Crippen molar-refractivity contribution < 1.29 is 24.4 Å². The first kappa shape index (κ1) is 21.9. The monoisotopic (exact) mass is 492 g/mol. The Hall–Kier alpha value is -1.31. The molecule has 0 radical (unpaired) electrons. The largest absolute Gasteiger partial charge is 0.394 e. The quantitative estimate of drug-likeness (QED) is 0.465. The van der Waals surface area contributed by atoms with E-state index >= 15 is 0 Å². The average molecular weight is 493 g/mol. The van der Waals surface area contributed by atoms with Gasteiger partial charge in [-0.1, -0.05) is 40.2 Å². The highest BCUT2D eigenvalue weighted by Gasteiger charge is 2.46. The lowest BCUT2D eigenvalue weighted by Gasteiger charge is -2.41. The summed E-state index contributed by atoms with van der Waals surface area (Å²) in [6.45, 7) is -0.486. The Balaban J connectivity index is 1.62. The zero-order valence-corrected chi connectivity index (χ0v) is 18.1. The first-order chi connectivity index (χ1) is 14.4. The van der Waals surface area contributed by atoms with Gasteiger partial charge in [-0.25, -0.2) is 14.1 Å². The third-order valence-corrected chi connectivity index (χ3v) is 7.00. The Morgan fingerprint density at radius 3 is 2.60 bits per heavy atom. The van der Waals surface area contributed by atoms with Gasteiger partial charge in [0.1, 0.15) is 40.5 Å². The van der Waals surface area contributed by atoms with Gasteiger partial charge < -0.3 is 20.1 Å². The predicted molar refractivity (Wildman–Crippen MR) is 110 cm³/mol. The SMILES string of the molecule is OCC1OC(Sc2cc(Cl)c(F)c(Cl)c2)C(O)C(n2cc(-c3nccs3)nn2)C1O. The molecule has 30 heavy (non-hydrogen) atoms. The fourth-order valence-corrected chi connectivity index (χ4v) is 5.42. The van der Waals surface area contributed by atoms with E-state index < -0.39 is 42.2 Å². The van der Waals surface area contributed by atoms with Crippen molar-refractivity contribution in [2.75, 3.05) is 6.61 Å². The molecule has 4 rings (SSSR count). The molecule has 1 aliphatic rings. The van der Waals surface area contributed by atoms with Gasteiger partial charge in [0.2, 0.25) is 0 Å². The van der Waals surface area contributed by atoms with Gasteiger partial charge in [-0.05, 0) is 12.1 Å². The van der Waals surface area contributed by atoms with Gasteiger partial charge in [-0.15, -0.1) is 16.4 Å². The molecule has 0 saturated carbocycles. The first-order valence-corrected chi connectivity index (χ1v) is 11.2. The van der Waals surface area contributed by atoms with Crippen LogP contribution < -0.4 is 0 Å². The van der Waals surface area contributed by atoms with Crippen molar-refractivity contribution in [3.05, 3.63) is 45.8 Å². The Labute approximate surface area is 188 Å². The Kier molecular flexibility index (Phi) is 6.61. The van der Waals surface area contributed by atoms with Crippen LogP contribution >= 0.6 is 46.3 Å². The zero-order valence-electron chi connectivity index (χ0n) is 15.0. The summed E-state index contributed by atoms with van der Waals surface area (Å²) in [5.74, 6) is -0.744. The van der Waals surface area contributed by atoms with Crippen molar-refractivity contribution in [2.45, 2.75) is 34.7 Å². The van der Waals surface area contributed by atoms with E-state index in [0.29, 0.717) is 15.6 Å². The molecule has 1 aliphatic heterocycles. The maximum Gasteiger partial charge on any atom is 0.160 e. The summed E-state index contributed by atoms with van der Waals surface area (Å²) >= 11 is 14.1. The molecular weight excluding hydrogens is 478 g/mol. The highest BCUT2D eigenvalue weighted by Crippen LogP contribution is 2.40. The predicted octanol–water partition coefficient (Wildman–Crippen LogP) is 2.62. The van der Waals surface area contributed by atoms with Gasteiger partial charge in [-0.2, -0.15) is 0 Å². The minimum atomic E-state index is -1.26. The van der Waals surface area contributed by atoms with Crippen molar-refractivity contribution in [1.82, 2.24) is 20.0 Å². The molecule has 160 valence electrons. The summed E-state index contributed by atoms with van der Waals surface area (Å²) < 4.78 is 20.7. The second-order valence-corrected chi connectivity index (χ2v) is 9.32. The van der Waals surface area contributed by atoms with Gasteiger partial charge in [0, 0.05) is 16.5 Å². The number of thiazole rings is 1. The topological polar surface area (TPSA) is 114 Å². The number of aromatic nitrogens is 4. The molecule has 2 aromatic heterocycles. The van der Waals surface area contributed by atoms with Crippen LogP contribution in [0.5, 0.6) is 0 Å². The smallest absolute Gasteiger partial charge is 0.160 e. The Morgan fingerprint density at radius 1 is 1.23 bits per heavy atom. The molecule has 1 fully saturated rings. The number of ether oxygens (including phenoxy) is 1. The molecule has 3 aromatic rings. The fourth-order valence-electron chi connectivity index (χ4n) is 3.08. The van der Waals surface area contributed by atoms with Crippen molar-refractivity contribution in [2.24, 2.45) is 0 Å². The van der Waals surface area contributed by atoms with E-state index in [1.165, 1.54) is 28.2 Å². The number of aliphatic hydroxyl groups is 3. The molecular formula is C17H15Cl2FN4O4S2. The lowest BCUT2D eigenvalue weighted by Crippen LogP contribution is -2.55. The third-order valence-electron chi connectivity index (χ3n) is 4.53. The van der Waals surface area contributed by atoms with Crippen LogP contribution in [0.25, 0.3) is 10.7 Å². The number of hydrogen-bond acceptors (Lipinski definition) is 9. The number of rotatable bonds is 5. The summed E-state index contributed by atoms with van der Waals surface area (Å²) in [7, 11) is 0. The van der Waals surface area contributed by atoms with E-state index in [2.05, 4.69) is 15.3 Å². The van der Waals surface area contributed by atoms with E-state index in [0.717, 1.165) is 11.8 Å². The lowest BCUT2D eigenvalue weighted by molar-refractivity contribution is -0.178. The van der Waals surface area contributed by atoms with Crippen LogP contribution in [0.3, 0.4) is 0 Å². The summed E-state index contributed by atoms with van der Waals surface area (Å²) in [5, 5.41) is 41.4. The molecule has 3 heterocycles. The minimum absolute atomic E-state index is 0.171. The number of thioether (sulfide) groups is 1. The van der Waals surface area contributed by atoms with Gasteiger partial charge in [0.05, 0.1) is 22.8 Å². The molecule has 1 saturated heterocycles. The summed E-state index contributed by atoms with van der Waals surface area (Å²) in [5.41, 5.74) is -0.446. The van der Waals surface area contributed by atoms with Crippen LogP contribution in [-0.2, 0) is 4.74 Å². The molecule has 8 nitrogen and oxygen atoms in total.